The number of pyridine rings is 1. The largest absolute Gasteiger partial charge is 0.379 e. The molecule has 1 fully saturated rings. The summed E-state index contributed by atoms with van der Waals surface area (Å²) in [7, 11) is 0. The minimum absolute atomic E-state index is 0.426. The lowest BCUT2D eigenvalue weighted by Crippen LogP contribution is -2.19. The summed E-state index contributed by atoms with van der Waals surface area (Å²) in [6.07, 6.45) is 3.03. The lowest BCUT2D eigenvalue weighted by atomic mass is 10.00. The Balaban J connectivity index is 2.12. The zero-order valence-corrected chi connectivity index (χ0v) is 10.3. The normalized spacial score (nSPS) is 20.4. The molecule has 0 saturated carbocycles. The van der Waals surface area contributed by atoms with E-state index in [1.54, 1.807) is 0 Å². The molecule has 0 aliphatic carbocycles. The van der Waals surface area contributed by atoms with Crippen molar-refractivity contribution in [3.8, 4) is 0 Å². The van der Waals surface area contributed by atoms with Gasteiger partial charge >= 0.3 is 0 Å². The summed E-state index contributed by atoms with van der Waals surface area (Å²) in [4.78, 5) is 4.42. The second kappa shape index (κ2) is 4.83. The van der Waals surface area contributed by atoms with Gasteiger partial charge in [-0.3, -0.25) is 0 Å². The number of hydrogen-bond acceptors (Lipinski definition) is 3. The van der Waals surface area contributed by atoms with E-state index in [0.29, 0.717) is 12.0 Å². The summed E-state index contributed by atoms with van der Waals surface area (Å²) in [6.45, 7) is 8.20. The average Bonchev–Trinajstić information content (AvgIpc) is 2.73. The summed E-state index contributed by atoms with van der Waals surface area (Å²) in [5.41, 5.74) is 2.64. The summed E-state index contributed by atoms with van der Waals surface area (Å²) in [6, 6.07) is 2.59. The lowest BCUT2D eigenvalue weighted by Gasteiger charge is -2.15. The third-order valence-corrected chi connectivity index (χ3v) is 3.05. The highest BCUT2D eigenvalue weighted by Crippen LogP contribution is 2.22. The molecule has 1 aromatic rings. The molecule has 3 nitrogen and oxygen atoms in total. The summed E-state index contributed by atoms with van der Waals surface area (Å²) >= 11 is 0. The number of anilines is 1. The van der Waals surface area contributed by atoms with E-state index in [-0.39, 0.29) is 0 Å². The molecule has 1 aliphatic rings. The second-order valence-corrected chi connectivity index (χ2v) is 4.79. The van der Waals surface area contributed by atoms with Gasteiger partial charge in [0, 0.05) is 12.8 Å². The first-order valence-corrected chi connectivity index (χ1v) is 5.97. The zero-order valence-electron chi connectivity index (χ0n) is 10.3. The van der Waals surface area contributed by atoms with Crippen LogP contribution >= 0.6 is 0 Å². The van der Waals surface area contributed by atoms with Crippen LogP contribution in [0.4, 0.5) is 5.82 Å². The predicted molar refractivity (Wildman–Crippen MR) is 65.9 cm³/mol. The van der Waals surface area contributed by atoms with Crippen LogP contribution in [0.1, 0.15) is 37.3 Å². The van der Waals surface area contributed by atoms with Gasteiger partial charge in [-0.15, -0.1) is 0 Å². The van der Waals surface area contributed by atoms with Crippen molar-refractivity contribution in [2.45, 2.75) is 39.2 Å². The fraction of sp³-hybridized carbons (Fsp3) is 0.615. The number of rotatable bonds is 3. The third kappa shape index (κ3) is 2.53. The Hall–Kier alpha value is -1.09. The molecule has 1 aromatic heterocycles. The Kier molecular flexibility index (Phi) is 3.44. The molecular formula is C13H20N2O. The molecule has 1 aliphatic heterocycles. The van der Waals surface area contributed by atoms with E-state index in [1.807, 2.05) is 6.20 Å². The Morgan fingerprint density at radius 1 is 1.50 bits per heavy atom. The molecule has 0 aromatic carbocycles. The van der Waals surface area contributed by atoms with Crippen LogP contribution in [0.25, 0.3) is 0 Å². The van der Waals surface area contributed by atoms with Crippen LogP contribution in [0.3, 0.4) is 0 Å². The number of aryl methyl sites for hydroxylation is 1. The van der Waals surface area contributed by atoms with Crippen molar-refractivity contribution in [2.24, 2.45) is 0 Å². The van der Waals surface area contributed by atoms with Gasteiger partial charge < -0.3 is 10.1 Å². The molecule has 16 heavy (non-hydrogen) atoms. The fourth-order valence-electron chi connectivity index (χ4n) is 2.10. The average molecular weight is 220 g/mol. The van der Waals surface area contributed by atoms with Crippen LogP contribution in [0.5, 0.6) is 0 Å². The maximum absolute atomic E-state index is 5.34. The second-order valence-electron chi connectivity index (χ2n) is 4.79. The Bertz CT molecular complexity index is 357. The maximum atomic E-state index is 5.34. The minimum Gasteiger partial charge on any atom is -0.379 e. The third-order valence-electron chi connectivity index (χ3n) is 3.05. The molecule has 1 saturated heterocycles. The Morgan fingerprint density at radius 2 is 2.31 bits per heavy atom. The number of hydrogen-bond donors (Lipinski definition) is 1. The molecule has 2 rings (SSSR count). The highest BCUT2D eigenvalue weighted by molar-refractivity contribution is 5.42. The minimum atomic E-state index is 0.426. The molecule has 1 atom stereocenters. The van der Waals surface area contributed by atoms with E-state index in [1.165, 1.54) is 11.1 Å². The Labute approximate surface area is 97.2 Å². The summed E-state index contributed by atoms with van der Waals surface area (Å²) in [5, 5.41) is 3.43. The number of nitrogens with zero attached hydrogens (tertiary/aromatic N) is 1. The van der Waals surface area contributed by atoms with Gasteiger partial charge in [-0.05, 0) is 36.5 Å². The molecule has 3 heteroatoms. The van der Waals surface area contributed by atoms with Gasteiger partial charge in [-0.25, -0.2) is 4.98 Å². The molecule has 88 valence electrons. The van der Waals surface area contributed by atoms with E-state index < -0.39 is 0 Å². The van der Waals surface area contributed by atoms with Gasteiger partial charge in [0.2, 0.25) is 0 Å². The number of ether oxygens (including phenoxy) is 1. The molecular weight excluding hydrogens is 200 g/mol. The summed E-state index contributed by atoms with van der Waals surface area (Å²) < 4.78 is 5.34. The van der Waals surface area contributed by atoms with Crippen molar-refractivity contribution >= 4 is 5.82 Å². The number of nitrogens with one attached hydrogen (secondary N) is 1. The SMILES string of the molecule is Cc1cnc(NC2CCOC2)cc1C(C)C. The first-order chi connectivity index (χ1) is 7.66. The molecule has 0 radical (unpaired) electrons. The number of aromatic nitrogens is 1. The van der Waals surface area contributed by atoms with Crippen molar-refractivity contribution in [1.29, 1.82) is 0 Å². The molecule has 2 heterocycles. The van der Waals surface area contributed by atoms with Crippen LogP contribution in [-0.4, -0.2) is 24.2 Å². The molecule has 0 spiro atoms. The van der Waals surface area contributed by atoms with Crippen molar-refractivity contribution in [3.05, 3.63) is 23.4 Å². The monoisotopic (exact) mass is 220 g/mol. The molecule has 0 amide bonds. The molecule has 1 N–H and O–H groups in total. The van der Waals surface area contributed by atoms with E-state index >= 15 is 0 Å². The highest BCUT2D eigenvalue weighted by atomic mass is 16.5. The van der Waals surface area contributed by atoms with Crippen molar-refractivity contribution in [3.63, 3.8) is 0 Å². The van der Waals surface area contributed by atoms with Gasteiger partial charge in [-0.2, -0.15) is 0 Å². The first-order valence-electron chi connectivity index (χ1n) is 5.97. The zero-order chi connectivity index (χ0) is 11.5. The highest BCUT2D eigenvalue weighted by Gasteiger charge is 2.16. The fourth-order valence-corrected chi connectivity index (χ4v) is 2.10. The predicted octanol–water partition coefficient (Wildman–Crippen LogP) is 2.71. The van der Waals surface area contributed by atoms with Crippen LogP contribution in [-0.2, 0) is 4.74 Å². The van der Waals surface area contributed by atoms with Gasteiger partial charge in [0.15, 0.2) is 0 Å². The molecule has 1 unspecified atom stereocenters. The van der Waals surface area contributed by atoms with Crippen molar-refractivity contribution in [1.82, 2.24) is 4.98 Å². The smallest absolute Gasteiger partial charge is 0.126 e. The van der Waals surface area contributed by atoms with Gasteiger partial charge in [-0.1, -0.05) is 13.8 Å². The molecule has 0 bridgehead atoms. The van der Waals surface area contributed by atoms with Gasteiger partial charge in [0.25, 0.3) is 0 Å². The topological polar surface area (TPSA) is 34.2 Å². The Morgan fingerprint density at radius 3 is 2.94 bits per heavy atom. The van der Waals surface area contributed by atoms with Crippen LogP contribution in [0.2, 0.25) is 0 Å². The van der Waals surface area contributed by atoms with Crippen molar-refractivity contribution in [2.75, 3.05) is 18.5 Å². The quantitative estimate of drug-likeness (QED) is 0.850. The van der Waals surface area contributed by atoms with E-state index in [4.69, 9.17) is 4.74 Å². The van der Waals surface area contributed by atoms with Crippen molar-refractivity contribution < 1.29 is 4.74 Å². The van der Waals surface area contributed by atoms with Crippen LogP contribution in [0.15, 0.2) is 12.3 Å². The van der Waals surface area contributed by atoms with Gasteiger partial charge in [0.05, 0.1) is 12.6 Å². The van der Waals surface area contributed by atoms with Gasteiger partial charge in [0.1, 0.15) is 5.82 Å². The van der Waals surface area contributed by atoms with E-state index in [0.717, 1.165) is 25.5 Å². The maximum Gasteiger partial charge on any atom is 0.126 e. The lowest BCUT2D eigenvalue weighted by molar-refractivity contribution is 0.195. The van der Waals surface area contributed by atoms with E-state index in [2.05, 4.69) is 37.1 Å². The summed E-state index contributed by atoms with van der Waals surface area (Å²) in [5.74, 6) is 1.52. The van der Waals surface area contributed by atoms with Crippen LogP contribution in [0, 0.1) is 6.92 Å². The first kappa shape index (κ1) is 11.4. The van der Waals surface area contributed by atoms with E-state index in [9.17, 15) is 0 Å². The van der Waals surface area contributed by atoms with Crippen LogP contribution < -0.4 is 5.32 Å². The standard InChI is InChI=1S/C13H20N2O/c1-9(2)12-6-13(14-7-10(12)3)15-11-4-5-16-8-11/h6-7,9,11H,4-5,8H2,1-3H3,(H,14,15).